The number of carbonyl (C=O) groups is 1. The van der Waals surface area contributed by atoms with E-state index in [4.69, 9.17) is 0 Å². The number of aromatic nitrogens is 2. The van der Waals surface area contributed by atoms with Gasteiger partial charge in [-0.25, -0.2) is 4.98 Å². The average Bonchev–Trinajstić information content (AvgIpc) is 2.86. The maximum absolute atomic E-state index is 11.8. The smallest absolute Gasteiger partial charge is 0.243 e. The van der Waals surface area contributed by atoms with Crippen LogP contribution in [0.4, 0.5) is 5.13 Å². The van der Waals surface area contributed by atoms with Gasteiger partial charge in [-0.2, -0.15) is 4.37 Å². The second kappa shape index (κ2) is 5.42. The predicted octanol–water partition coefficient (Wildman–Crippen LogP) is -0.375. The molecule has 0 saturated carbocycles. The van der Waals surface area contributed by atoms with Crippen molar-refractivity contribution in [3.05, 3.63) is 5.82 Å². The molecule has 1 aromatic rings. The molecule has 1 atom stereocenters. The SMILES string of the molecule is CCc1nsc(N2CCNCC2C(=O)NC)n1. The lowest BCUT2D eigenvalue weighted by molar-refractivity contribution is -0.122. The second-order valence-electron chi connectivity index (χ2n) is 3.87. The fourth-order valence-electron chi connectivity index (χ4n) is 1.84. The van der Waals surface area contributed by atoms with Gasteiger partial charge < -0.3 is 15.5 Å². The van der Waals surface area contributed by atoms with Crippen LogP contribution in [0.25, 0.3) is 0 Å². The highest BCUT2D eigenvalue weighted by Gasteiger charge is 2.30. The van der Waals surface area contributed by atoms with Crippen LogP contribution in [-0.4, -0.2) is 48.0 Å². The van der Waals surface area contributed by atoms with E-state index in [0.29, 0.717) is 6.54 Å². The van der Waals surface area contributed by atoms with Crippen LogP contribution in [0, 0.1) is 0 Å². The highest BCUT2D eigenvalue weighted by atomic mass is 32.1. The van der Waals surface area contributed by atoms with Gasteiger partial charge in [0.05, 0.1) is 0 Å². The fraction of sp³-hybridized carbons (Fsp3) is 0.700. The minimum absolute atomic E-state index is 0.0189. The van der Waals surface area contributed by atoms with Crippen molar-refractivity contribution in [3.63, 3.8) is 0 Å². The second-order valence-corrected chi connectivity index (χ2v) is 4.60. The van der Waals surface area contributed by atoms with Crippen LogP contribution >= 0.6 is 11.5 Å². The van der Waals surface area contributed by atoms with Crippen LogP contribution in [-0.2, 0) is 11.2 Å². The topological polar surface area (TPSA) is 70.2 Å². The Balaban J connectivity index is 2.18. The Kier molecular flexibility index (Phi) is 3.90. The molecule has 0 aromatic carbocycles. The zero-order chi connectivity index (χ0) is 12.3. The Hall–Kier alpha value is -1.21. The third kappa shape index (κ3) is 2.55. The van der Waals surface area contributed by atoms with E-state index in [1.807, 2.05) is 11.8 Å². The van der Waals surface area contributed by atoms with Crippen LogP contribution in [0.15, 0.2) is 0 Å². The van der Waals surface area contributed by atoms with E-state index in [0.717, 1.165) is 30.5 Å². The Morgan fingerprint density at radius 2 is 2.53 bits per heavy atom. The maximum atomic E-state index is 11.8. The third-order valence-electron chi connectivity index (χ3n) is 2.81. The predicted molar refractivity (Wildman–Crippen MR) is 67.4 cm³/mol. The van der Waals surface area contributed by atoms with Crippen molar-refractivity contribution in [1.29, 1.82) is 0 Å². The monoisotopic (exact) mass is 255 g/mol. The maximum Gasteiger partial charge on any atom is 0.243 e. The number of rotatable bonds is 3. The average molecular weight is 255 g/mol. The standard InChI is InChI=1S/C10H17N5OS/c1-3-8-13-10(17-14-8)15-5-4-12-6-7(15)9(16)11-2/h7,12H,3-6H2,1-2H3,(H,11,16). The summed E-state index contributed by atoms with van der Waals surface area (Å²) in [6, 6.07) is -0.189. The number of nitrogens with one attached hydrogen (secondary N) is 2. The minimum Gasteiger partial charge on any atom is -0.357 e. The van der Waals surface area contributed by atoms with Crippen molar-refractivity contribution in [2.75, 3.05) is 31.6 Å². The molecule has 0 aliphatic carbocycles. The highest BCUT2D eigenvalue weighted by molar-refractivity contribution is 7.09. The van der Waals surface area contributed by atoms with E-state index in [-0.39, 0.29) is 11.9 Å². The first-order chi connectivity index (χ1) is 8.26. The molecular formula is C10H17N5OS. The van der Waals surface area contributed by atoms with Gasteiger partial charge in [0, 0.05) is 44.6 Å². The molecule has 2 rings (SSSR count). The van der Waals surface area contributed by atoms with Crippen molar-refractivity contribution in [3.8, 4) is 0 Å². The number of likely N-dealkylation sites (N-methyl/N-ethyl adjacent to an activating group) is 1. The molecule has 1 aromatic heterocycles. The summed E-state index contributed by atoms with van der Waals surface area (Å²) >= 11 is 1.37. The summed E-state index contributed by atoms with van der Waals surface area (Å²) in [6.45, 7) is 4.34. The number of anilines is 1. The van der Waals surface area contributed by atoms with Crippen LogP contribution in [0.2, 0.25) is 0 Å². The number of piperazine rings is 1. The molecule has 1 amide bonds. The largest absolute Gasteiger partial charge is 0.357 e. The van der Waals surface area contributed by atoms with E-state index in [1.165, 1.54) is 11.5 Å². The quantitative estimate of drug-likeness (QED) is 0.771. The minimum atomic E-state index is -0.189. The van der Waals surface area contributed by atoms with Gasteiger partial charge >= 0.3 is 0 Å². The van der Waals surface area contributed by atoms with Crippen molar-refractivity contribution in [2.24, 2.45) is 0 Å². The Labute approximate surface area is 105 Å². The molecule has 2 heterocycles. The van der Waals surface area contributed by atoms with Gasteiger partial charge in [0.2, 0.25) is 11.0 Å². The normalized spacial score (nSPS) is 20.4. The van der Waals surface area contributed by atoms with Gasteiger partial charge in [0.25, 0.3) is 0 Å². The van der Waals surface area contributed by atoms with E-state index < -0.39 is 0 Å². The van der Waals surface area contributed by atoms with E-state index >= 15 is 0 Å². The molecule has 1 aliphatic rings. The molecule has 17 heavy (non-hydrogen) atoms. The summed E-state index contributed by atoms with van der Waals surface area (Å²) in [4.78, 5) is 18.3. The number of hydrogen-bond acceptors (Lipinski definition) is 6. The van der Waals surface area contributed by atoms with Crippen LogP contribution in [0.3, 0.4) is 0 Å². The number of amides is 1. The number of nitrogens with zero attached hydrogens (tertiary/aromatic N) is 3. The molecule has 6 nitrogen and oxygen atoms in total. The van der Waals surface area contributed by atoms with Crippen molar-refractivity contribution >= 4 is 22.6 Å². The summed E-state index contributed by atoms with van der Waals surface area (Å²) in [5.41, 5.74) is 0. The van der Waals surface area contributed by atoms with Gasteiger partial charge in [-0.05, 0) is 0 Å². The number of carbonyl (C=O) groups excluding carboxylic acids is 1. The number of hydrogen-bond donors (Lipinski definition) is 2. The summed E-state index contributed by atoms with van der Waals surface area (Å²) < 4.78 is 4.27. The van der Waals surface area contributed by atoms with E-state index in [2.05, 4.69) is 20.0 Å². The van der Waals surface area contributed by atoms with Gasteiger partial charge in [0.15, 0.2) is 0 Å². The molecular weight excluding hydrogens is 238 g/mol. The molecule has 0 radical (unpaired) electrons. The van der Waals surface area contributed by atoms with Crippen LogP contribution < -0.4 is 15.5 Å². The zero-order valence-electron chi connectivity index (χ0n) is 10.1. The highest BCUT2D eigenvalue weighted by Crippen LogP contribution is 2.21. The van der Waals surface area contributed by atoms with E-state index in [1.54, 1.807) is 7.05 Å². The van der Waals surface area contributed by atoms with Gasteiger partial charge in [-0.1, -0.05) is 6.92 Å². The number of aryl methyl sites for hydroxylation is 1. The zero-order valence-corrected chi connectivity index (χ0v) is 10.9. The molecule has 2 N–H and O–H groups in total. The summed E-state index contributed by atoms with van der Waals surface area (Å²) in [7, 11) is 1.66. The fourth-order valence-corrected chi connectivity index (χ4v) is 2.67. The molecule has 94 valence electrons. The molecule has 1 fully saturated rings. The summed E-state index contributed by atoms with van der Waals surface area (Å²) in [5, 5.41) is 6.76. The molecule has 0 spiro atoms. The first-order valence-electron chi connectivity index (χ1n) is 5.77. The lowest BCUT2D eigenvalue weighted by atomic mass is 10.2. The Morgan fingerprint density at radius 3 is 3.18 bits per heavy atom. The Morgan fingerprint density at radius 1 is 1.71 bits per heavy atom. The van der Waals surface area contributed by atoms with Crippen LogP contribution in [0.1, 0.15) is 12.7 Å². The molecule has 0 bridgehead atoms. The van der Waals surface area contributed by atoms with Crippen LogP contribution in [0.5, 0.6) is 0 Å². The Bertz CT molecular complexity index is 394. The summed E-state index contributed by atoms with van der Waals surface area (Å²) in [5.74, 6) is 0.865. The van der Waals surface area contributed by atoms with Crippen molar-refractivity contribution < 1.29 is 4.79 Å². The van der Waals surface area contributed by atoms with Gasteiger partial charge in [-0.15, -0.1) is 0 Å². The lowest BCUT2D eigenvalue weighted by Crippen LogP contribution is -2.57. The van der Waals surface area contributed by atoms with E-state index in [9.17, 15) is 4.79 Å². The molecule has 1 aliphatic heterocycles. The van der Waals surface area contributed by atoms with Gasteiger partial charge in [0.1, 0.15) is 11.9 Å². The first-order valence-corrected chi connectivity index (χ1v) is 6.55. The lowest BCUT2D eigenvalue weighted by Gasteiger charge is -2.34. The van der Waals surface area contributed by atoms with Crippen molar-refractivity contribution in [2.45, 2.75) is 19.4 Å². The van der Waals surface area contributed by atoms with Crippen molar-refractivity contribution in [1.82, 2.24) is 20.0 Å². The third-order valence-corrected chi connectivity index (χ3v) is 3.60. The molecule has 1 unspecified atom stereocenters. The van der Waals surface area contributed by atoms with Gasteiger partial charge in [-0.3, -0.25) is 4.79 Å². The first kappa shape index (κ1) is 12.3. The summed E-state index contributed by atoms with van der Waals surface area (Å²) in [6.07, 6.45) is 0.827. The molecule has 1 saturated heterocycles. The molecule has 7 heteroatoms.